The molecular weight excluding hydrogens is 204 g/mol. The van der Waals surface area contributed by atoms with Crippen LogP contribution in [-0.4, -0.2) is 21.8 Å². The number of benzene rings is 1. The van der Waals surface area contributed by atoms with Crippen molar-refractivity contribution in [3.63, 3.8) is 0 Å². The Bertz CT molecular complexity index is 386. The first-order chi connectivity index (χ1) is 7.57. The van der Waals surface area contributed by atoms with Gasteiger partial charge in [0.2, 0.25) is 0 Å². The fourth-order valence-electron chi connectivity index (χ4n) is 2.66. The number of aliphatic hydroxyl groups is 1. The van der Waals surface area contributed by atoms with Crippen LogP contribution in [0.15, 0.2) is 24.3 Å². The maximum atomic E-state index is 11.1. The summed E-state index contributed by atoms with van der Waals surface area (Å²) in [4.78, 5) is 11.1. The number of carboxylic acid groups (broad SMARTS) is 1. The van der Waals surface area contributed by atoms with Crippen molar-refractivity contribution in [3.05, 3.63) is 35.4 Å². The molecule has 1 aliphatic rings. The van der Waals surface area contributed by atoms with Crippen molar-refractivity contribution in [1.29, 1.82) is 0 Å². The molecule has 86 valence electrons. The SMILES string of the molecule is CCC(C(=O)O)C1(O)Cc2ccccc2C1. The molecular formula is C13H16O3. The van der Waals surface area contributed by atoms with Crippen molar-refractivity contribution >= 4 is 5.97 Å². The Morgan fingerprint density at radius 2 is 1.88 bits per heavy atom. The van der Waals surface area contributed by atoms with E-state index in [1.807, 2.05) is 24.3 Å². The lowest BCUT2D eigenvalue weighted by Gasteiger charge is -2.28. The van der Waals surface area contributed by atoms with Gasteiger partial charge in [-0.1, -0.05) is 31.2 Å². The number of fused-ring (bicyclic) bond motifs is 1. The normalized spacial score (nSPS) is 19.1. The standard InChI is InChI=1S/C13H16O3/c1-2-11(12(14)15)13(16)7-9-5-3-4-6-10(9)8-13/h3-6,11,16H,2,7-8H2,1H3,(H,14,15). The van der Waals surface area contributed by atoms with Crippen LogP contribution in [0.25, 0.3) is 0 Å². The van der Waals surface area contributed by atoms with Gasteiger partial charge in [-0.2, -0.15) is 0 Å². The number of hydrogen-bond donors (Lipinski definition) is 2. The van der Waals surface area contributed by atoms with Crippen LogP contribution < -0.4 is 0 Å². The van der Waals surface area contributed by atoms with Crippen LogP contribution in [0, 0.1) is 5.92 Å². The lowest BCUT2D eigenvalue weighted by molar-refractivity contribution is -0.151. The first kappa shape index (κ1) is 11.1. The lowest BCUT2D eigenvalue weighted by Crippen LogP contribution is -2.43. The maximum absolute atomic E-state index is 11.1. The largest absolute Gasteiger partial charge is 0.481 e. The summed E-state index contributed by atoms with van der Waals surface area (Å²) in [7, 11) is 0. The Morgan fingerprint density at radius 3 is 2.25 bits per heavy atom. The molecule has 0 aliphatic heterocycles. The molecule has 0 saturated heterocycles. The van der Waals surface area contributed by atoms with E-state index in [1.54, 1.807) is 6.92 Å². The third-order valence-corrected chi connectivity index (χ3v) is 3.47. The van der Waals surface area contributed by atoms with Crippen molar-refractivity contribution in [3.8, 4) is 0 Å². The average Bonchev–Trinajstić information content (AvgIpc) is 2.54. The maximum Gasteiger partial charge on any atom is 0.309 e. The van der Waals surface area contributed by atoms with Gasteiger partial charge in [-0.25, -0.2) is 0 Å². The molecule has 0 saturated carbocycles. The summed E-state index contributed by atoms with van der Waals surface area (Å²) in [5, 5.41) is 19.6. The molecule has 1 unspecified atom stereocenters. The molecule has 1 aromatic carbocycles. The van der Waals surface area contributed by atoms with Crippen LogP contribution >= 0.6 is 0 Å². The van der Waals surface area contributed by atoms with Gasteiger partial charge in [0.15, 0.2) is 0 Å². The molecule has 3 heteroatoms. The first-order valence-corrected chi connectivity index (χ1v) is 5.59. The highest BCUT2D eigenvalue weighted by Crippen LogP contribution is 2.36. The summed E-state index contributed by atoms with van der Waals surface area (Å²) in [5.41, 5.74) is 1.04. The van der Waals surface area contributed by atoms with E-state index in [0.717, 1.165) is 11.1 Å². The molecule has 0 spiro atoms. The Balaban J connectivity index is 2.29. The molecule has 0 radical (unpaired) electrons. The minimum atomic E-state index is -1.11. The monoisotopic (exact) mass is 220 g/mol. The molecule has 16 heavy (non-hydrogen) atoms. The third-order valence-electron chi connectivity index (χ3n) is 3.47. The fourth-order valence-corrected chi connectivity index (χ4v) is 2.66. The number of aliphatic carboxylic acids is 1. The summed E-state index contributed by atoms with van der Waals surface area (Å²) in [6, 6.07) is 7.77. The van der Waals surface area contributed by atoms with E-state index in [9.17, 15) is 9.90 Å². The van der Waals surface area contributed by atoms with Crippen molar-refractivity contribution in [2.24, 2.45) is 5.92 Å². The van der Waals surface area contributed by atoms with Crippen LogP contribution in [0.2, 0.25) is 0 Å². The van der Waals surface area contributed by atoms with Crippen molar-refractivity contribution in [2.75, 3.05) is 0 Å². The molecule has 0 amide bonds. The minimum absolute atomic E-state index is 0.452. The van der Waals surface area contributed by atoms with E-state index < -0.39 is 17.5 Å². The van der Waals surface area contributed by atoms with Crippen molar-refractivity contribution in [1.82, 2.24) is 0 Å². The smallest absolute Gasteiger partial charge is 0.309 e. The second-order valence-electron chi connectivity index (χ2n) is 4.52. The van der Waals surface area contributed by atoms with Gasteiger partial charge in [-0.3, -0.25) is 4.79 Å². The van der Waals surface area contributed by atoms with Gasteiger partial charge in [-0.15, -0.1) is 0 Å². The van der Waals surface area contributed by atoms with Crippen molar-refractivity contribution < 1.29 is 15.0 Å². The van der Waals surface area contributed by atoms with Gasteiger partial charge in [0.1, 0.15) is 0 Å². The molecule has 1 atom stereocenters. The molecule has 1 aliphatic carbocycles. The van der Waals surface area contributed by atoms with Gasteiger partial charge in [0.25, 0.3) is 0 Å². The zero-order valence-electron chi connectivity index (χ0n) is 9.31. The van der Waals surface area contributed by atoms with Crippen LogP contribution in [0.5, 0.6) is 0 Å². The molecule has 1 aromatic rings. The molecule has 0 fully saturated rings. The topological polar surface area (TPSA) is 57.5 Å². The summed E-state index contributed by atoms with van der Waals surface area (Å²) < 4.78 is 0. The molecule has 2 rings (SSSR count). The number of carbonyl (C=O) groups is 1. The summed E-state index contributed by atoms with van der Waals surface area (Å²) in [6.07, 6.45) is 1.36. The minimum Gasteiger partial charge on any atom is -0.481 e. The highest BCUT2D eigenvalue weighted by molar-refractivity contribution is 5.72. The van der Waals surface area contributed by atoms with E-state index in [0.29, 0.717) is 19.3 Å². The van der Waals surface area contributed by atoms with Crippen LogP contribution in [0.4, 0.5) is 0 Å². The third kappa shape index (κ3) is 1.71. The van der Waals surface area contributed by atoms with E-state index in [2.05, 4.69) is 0 Å². The molecule has 0 aromatic heterocycles. The average molecular weight is 220 g/mol. The first-order valence-electron chi connectivity index (χ1n) is 5.59. The second-order valence-corrected chi connectivity index (χ2v) is 4.52. The van der Waals surface area contributed by atoms with Gasteiger partial charge >= 0.3 is 5.97 Å². The Hall–Kier alpha value is -1.35. The zero-order chi connectivity index (χ0) is 11.8. The predicted molar refractivity (Wildman–Crippen MR) is 60.2 cm³/mol. The van der Waals surface area contributed by atoms with Crippen LogP contribution in [0.1, 0.15) is 24.5 Å². The molecule has 0 heterocycles. The molecule has 0 bridgehead atoms. The summed E-state index contributed by atoms with van der Waals surface area (Å²) in [6.45, 7) is 1.81. The van der Waals surface area contributed by atoms with Gasteiger partial charge in [-0.05, 0) is 17.5 Å². The van der Waals surface area contributed by atoms with Crippen molar-refractivity contribution in [2.45, 2.75) is 31.8 Å². The second kappa shape index (κ2) is 3.91. The van der Waals surface area contributed by atoms with Gasteiger partial charge in [0, 0.05) is 12.8 Å². The van der Waals surface area contributed by atoms with Gasteiger partial charge < -0.3 is 10.2 Å². The predicted octanol–water partition coefficient (Wildman–Crippen LogP) is 1.63. The van der Waals surface area contributed by atoms with Crippen LogP contribution in [0.3, 0.4) is 0 Å². The van der Waals surface area contributed by atoms with Crippen LogP contribution in [-0.2, 0) is 17.6 Å². The summed E-state index contributed by atoms with van der Waals surface area (Å²) in [5.74, 6) is -1.59. The van der Waals surface area contributed by atoms with E-state index in [4.69, 9.17) is 5.11 Å². The highest BCUT2D eigenvalue weighted by Gasteiger charge is 2.44. The lowest BCUT2D eigenvalue weighted by atomic mass is 9.83. The van der Waals surface area contributed by atoms with E-state index >= 15 is 0 Å². The molecule has 2 N–H and O–H groups in total. The van der Waals surface area contributed by atoms with E-state index in [1.165, 1.54) is 0 Å². The fraction of sp³-hybridized carbons (Fsp3) is 0.462. The number of carboxylic acids is 1. The zero-order valence-corrected chi connectivity index (χ0v) is 9.31. The Kier molecular flexibility index (Phi) is 2.72. The number of rotatable bonds is 3. The molecule has 3 nitrogen and oxygen atoms in total. The quantitative estimate of drug-likeness (QED) is 0.814. The highest BCUT2D eigenvalue weighted by atomic mass is 16.4. The van der Waals surface area contributed by atoms with E-state index in [-0.39, 0.29) is 0 Å². The van der Waals surface area contributed by atoms with Gasteiger partial charge in [0.05, 0.1) is 11.5 Å². The summed E-state index contributed by atoms with van der Waals surface area (Å²) >= 11 is 0. The Morgan fingerprint density at radius 1 is 1.38 bits per heavy atom. The number of hydrogen-bond acceptors (Lipinski definition) is 2. The Labute approximate surface area is 94.7 Å².